The second kappa shape index (κ2) is 15.3. The van der Waals surface area contributed by atoms with Crippen molar-refractivity contribution in [1.29, 1.82) is 0 Å². The molecule has 1 rings (SSSR count). The summed E-state index contributed by atoms with van der Waals surface area (Å²) < 4.78 is 5.15. The molecule has 3 atom stereocenters. The average Bonchev–Trinajstić information content (AvgIpc) is 2.82. The fraction of sp³-hybridized carbons (Fsp3) is 0.520. The molecule has 1 aromatic carbocycles. The van der Waals surface area contributed by atoms with Crippen LogP contribution in [0.15, 0.2) is 30.3 Å². The maximum atomic E-state index is 13.0. The lowest BCUT2D eigenvalue weighted by Gasteiger charge is -2.24. The third-order valence-corrected chi connectivity index (χ3v) is 5.44. The number of alkyl carbamates (subject to hydrolysis) is 1. The quantitative estimate of drug-likeness (QED) is 0.262. The molecule has 0 aliphatic rings. The second-order valence-electron chi connectivity index (χ2n) is 8.71. The van der Waals surface area contributed by atoms with Crippen LogP contribution in [-0.2, 0) is 35.3 Å². The minimum atomic E-state index is -1.33. The van der Waals surface area contributed by atoms with Crippen LogP contribution in [0.4, 0.5) is 4.79 Å². The molecule has 2 amide bonds. The average molecular weight is 507 g/mol. The van der Waals surface area contributed by atoms with E-state index in [-0.39, 0.29) is 31.8 Å². The lowest BCUT2D eigenvalue weighted by atomic mass is 9.90. The lowest BCUT2D eigenvalue weighted by molar-refractivity contribution is -0.142. The summed E-state index contributed by atoms with van der Waals surface area (Å²) in [5.74, 6) is -6.03. The summed E-state index contributed by atoms with van der Waals surface area (Å²) in [5.41, 5.74) is 0.748. The highest BCUT2D eigenvalue weighted by atomic mass is 16.5. The van der Waals surface area contributed by atoms with Crippen molar-refractivity contribution in [3.05, 3.63) is 35.9 Å². The largest absolute Gasteiger partial charge is 0.481 e. The van der Waals surface area contributed by atoms with Crippen LogP contribution in [0.25, 0.3) is 0 Å². The summed E-state index contributed by atoms with van der Waals surface area (Å²) in [6.07, 6.45) is -2.53. The Kier molecular flexibility index (Phi) is 12.8. The maximum Gasteiger partial charge on any atom is 0.408 e. The van der Waals surface area contributed by atoms with Crippen LogP contribution in [0.2, 0.25) is 0 Å². The van der Waals surface area contributed by atoms with Gasteiger partial charge in [-0.05, 0) is 17.9 Å². The Hall–Kier alpha value is -3.76. The monoisotopic (exact) mass is 506 g/mol. The SMILES string of the molecule is CCC(=O)[C@H](CCC(=O)O)NC(=O)[C@H](CC(=O)O)CC(=O)[C@@H](NC(=O)OCc1ccccc1)C(C)C. The van der Waals surface area contributed by atoms with Gasteiger partial charge in [0, 0.05) is 19.3 Å². The van der Waals surface area contributed by atoms with E-state index in [0.29, 0.717) is 0 Å². The van der Waals surface area contributed by atoms with Crippen molar-refractivity contribution in [1.82, 2.24) is 10.6 Å². The predicted molar refractivity (Wildman–Crippen MR) is 128 cm³/mol. The standard InChI is InChI=1S/C25H34N2O9/c1-4-19(28)18(10-11-21(30)31)26-24(34)17(13-22(32)33)12-20(29)23(15(2)3)27-25(35)36-14-16-8-6-5-7-9-16/h5-9,15,17-18,23H,4,10-14H2,1-3H3,(H,26,34)(H,27,35)(H,30,31)(H,32,33)/t17-,18-,23-/m0/s1. The predicted octanol–water partition coefficient (Wildman–Crippen LogP) is 2.32. The van der Waals surface area contributed by atoms with Gasteiger partial charge in [0.15, 0.2) is 11.6 Å². The van der Waals surface area contributed by atoms with Gasteiger partial charge < -0.3 is 25.6 Å². The Morgan fingerprint density at radius 3 is 2.06 bits per heavy atom. The summed E-state index contributed by atoms with van der Waals surface area (Å²) in [6, 6.07) is 6.75. The van der Waals surface area contributed by atoms with E-state index in [1.165, 1.54) is 0 Å². The molecule has 0 bridgehead atoms. The summed E-state index contributed by atoms with van der Waals surface area (Å²) in [5, 5.41) is 23.0. The minimum absolute atomic E-state index is 0.0150. The molecule has 0 radical (unpaired) electrons. The van der Waals surface area contributed by atoms with E-state index in [4.69, 9.17) is 9.84 Å². The fourth-order valence-electron chi connectivity index (χ4n) is 3.47. The zero-order valence-corrected chi connectivity index (χ0v) is 20.7. The molecule has 1 aromatic rings. The molecule has 4 N–H and O–H groups in total. The van der Waals surface area contributed by atoms with E-state index in [0.717, 1.165) is 5.56 Å². The number of rotatable bonds is 16. The van der Waals surface area contributed by atoms with Crippen LogP contribution in [0.5, 0.6) is 0 Å². The van der Waals surface area contributed by atoms with Crippen LogP contribution in [0, 0.1) is 11.8 Å². The van der Waals surface area contributed by atoms with Gasteiger partial charge in [-0.1, -0.05) is 51.1 Å². The number of Topliss-reactive ketones (excluding diaryl/α,β-unsaturated/α-hetero) is 2. The number of aliphatic carboxylic acids is 2. The Morgan fingerprint density at radius 1 is 0.889 bits per heavy atom. The van der Waals surface area contributed by atoms with Crippen molar-refractivity contribution in [3.8, 4) is 0 Å². The number of carbonyl (C=O) groups is 6. The highest BCUT2D eigenvalue weighted by Gasteiger charge is 2.32. The van der Waals surface area contributed by atoms with Gasteiger partial charge in [-0.25, -0.2) is 4.79 Å². The Labute approximate surface area is 209 Å². The van der Waals surface area contributed by atoms with Crippen LogP contribution >= 0.6 is 0 Å². The van der Waals surface area contributed by atoms with Crippen molar-refractivity contribution in [2.75, 3.05) is 0 Å². The van der Waals surface area contributed by atoms with E-state index in [1.807, 2.05) is 6.07 Å². The third-order valence-electron chi connectivity index (χ3n) is 5.44. The lowest BCUT2D eigenvalue weighted by Crippen LogP contribution is -2.48. The number of carboxylic acids is 2. The molecule has 0 aliphatic heterocycles. The number of ketones is 2. The number of carboxylic acid groups (broad SMARTS) is 2. The topological polar surface area (TPSA) is 176 Å². The molecule has 36 heavy (non-hydrogen) atoms. The van der Waals surface area contributed by atoms with Crippen molar-refractivity contribution in [3.63, 3.8) is 0 Å². The van der Waals surface area contributed by atoms with Gasteiger partial charge in [0.25, 0.3) is 0 Å². The number of nitrogens with one attached hydrogen (secondary N) is 2. The Balaban J connectivity index is 2.89. The molecule has 0 heterocycles. The van der Waals surface area contributed by atoms with E-state index < -0.39 is 66.3 Å². The molecule has 0 unspecified atom stereocenters. The van der Waals surface area contributed by atoms with Gasteiger partial charge in [-0.15, -0.1) is 0 Å². The molecule has 0 spiro atoms. The second-order valence-corrected chi connectivity index (χ2v) is 8.71. The maximum absolute atomic E-state index is 13.0. The van der Waals surface area contributed by atoms with Crippen LogP contribution in [-0.4, -0.2) is 57.8 Å². The van der Waals surface area contributed by atoms with E-state index >= 15 is 0 Å². The molecule has 11 heteroatoms. The first kappa shape index (κ1) is 30.3. The molecular formula is C25H34N2O9. The number of hydrogen-bond acceptors (Lipinski definition) is 7. The van der Waals surface area contributed by atoms with Gasteiger partial charge in [0.2, 0.25) is 5.91 Å². The van der Waals surface area contributed by atoms with Gasteiger partial charge in [0.1, 0.15) is 6.61 Å². The van der Waals surface area contributed by atoms with Crippen molar-refractivity contribution >= 4 is 35.5 Å². The number of ether oxygens (including phenoxy) is 1. The molecule has 0 aliphatic carbocycles. The normalized spacial score (nSPS) is 13.2. The van der Waals surface area contributed by atoms with Crippen molar-refractivity contribution in [2.45, 2.75) is 71.6 Å². The number of hydrogen-bond donors (Lipinski definition) is 4. The molecular weight excluding hydrogens is 472 g/mol. The summed E-state index contributed by atoms with van der Waals surface area (Å²) in [4.78, 5) is 72.5. The molecule has 0 fully saturated rings. The molecule has 198 valence electrons. The first-order valence-corrected chi connectivity index (χ1v) is 11.7. The smallest absolute Gasteiger partial charge is 0.408 e. The van der Waals surface area contributed by atoms with E-state index in [2.05, 4.69) is 10.6 Å². The first-order chi connectivity index (χ1) is 16.9. The van der Waals surface area contributed by atoms with Gasteiger partial charge >= 0.3 is 18.0 Å². The van der Waals surface area contributed by atoms with Crippen LogP contribution < -0.4 is 10.6 Å². The number of amides is 2. The number of benzene rings is 1. The number of carbonyl (C=O) groups excluding carboxylic acids is 4. The zero-order chi connectivity index (χ0) is 27.3. The van der Waals surface area contributed by atoms with Crippen LogP contribution in [0.1, 0.15) is 58.4 Å². The van der Waals surface area contributed by atoms with Crippen molar-refractivity contribution < 1.29 is 43.7 Å². The summed E-state index contributed by atoms with van der Waals surface area (Å²) in [6.45, 7) is 4.89. The summed E-state index contributed by atoms with van der Waals surface area (Å²) in [7, 11) is 0. The first-order valence-electron chi connectivity index (χ1n) is 11.7. The highest BCUT2D eigenvalue weighted by Crippen LogP contribution is 2.16. The van der Waals surface area contributed by atoms with Gasteiger partial charge in [0.05, 0.1) is 24.4 Å². The van der Waals surface area contributed by atoms with E-state index in [1.54, 1.807) is 45.0 Å². The van der Waals surface area contributed by atoms with E-state index in [9.17, 15) is 33.9 Å². The molecule has 11 nitrogen and oxygen atoms in total. The van der Waals surface area contributed by atoms with Crippen LogP contribution in [0.3, 0.4) is 0 Å². The summed E-state index contributed by atoms with van der Waals surface area (Å²) >= 11 is 0. The van der Waals surface area contributed by atoms with Gasteiger partial charge in [-0.2, -0.15) is 0 Å². The molecule has 0 saturated carbocycles. The van der Waals surface area contributed by atoms with Crippen molar-refractivity contribution in [2.24, 2.45) is 11.8 Å². The highest BCUT2D eigenvalue weighted by molar-refractivity contribution is 5.95. The minimum Gasteiger partial charge on any atom is -0.481 e. The van der Waals surface area contributed by atoms with Gasteiger partial charge in [-0.3, -0.25) is 24.0 Å². The zero-order valence-electron chi connectivity index (χ0n) is 20.7. The third kappa shape index (κ3) is 11.1. The Bertz CT molecular complexity index is 931. The molecule has 0 saturated heterocycles. The molecule has 0 aromatic heterocycles. The Morgan fingerprint density at radius 2 is 1.53 bits per heavy atom. The fourth-order valence-corrected chi connectivity index (χ4v) is 3.47.